The number of rotatable bonds is 2. The molecule has 0 fully saturated rings. The maximum Gasteiger partial charge on any atom is 0.180 e. The van der Waals surface area contributed by atoms with Crippen LogP contribution < -0.4 is 10.4 Å². The van der Waals surface area contributed by atoms with E-state index in [-0.39, 0.29) is 54.3 Å². The summed E-state index contributed by atoms with van der Waals surface area (Å²) in [5.74, 6) is -15.5. The van der Waals surface area contributed by atoms with Crippen LogP contribution >= 0.6 is 0 Å². The largest absolute Gasteiger partial charge is 0.455 e. The van der Waals surface area contributed by atoms with Gasteiger partial charge in [0.1, 0.15) is 81.0 Å². The number of furan rings is 2. The summed E-state index contributed by atoms with van der Waals surface area (Å²) in [6.45, 7) is 0. The maximum atomic E-state index is 15.0. The molecule has 0 saturated heterocycles. The van der Waals surface area contributed by atoms with Crippen LogP contribution in [0.1, 0.15) is 11.1 Å². The van der Waals surface area contributed by atoms with Gasteiger partial charge in [-0.3, -0.25) is 0 Å². The third-order valence-corrected chi connectivity index (χ3v) is 8.61. The molecule has 0 bridgehead atoms. The number of hydrogen-bond acceptors (Lipinski definition) is 8. The molecule has 0 amide bonds. The first-order valence-corrected chi connectivity index (χ1v) is 14.6. The molecule has 0 N–H and O–H groups in total. The number of nitrogens with zero attached hydrogens (tertiary/aromatic N) is 6. The number of fused-ring (bicyclic) bond motifs is 6. The minimum absolute atomic E-state index is 0.0469. The summed E-state index contributed by atoms with van der Waals surface area (Å²) in [7, 11) is 0. The van der Waals surface area contributed by atoms with Gasteiger partial charge in [-0.2, -0.15) is 31.6 Å². The summed E-state index contributed by atoms with van der Waals surface area (Å²) >= 11 is 0. The van der Waals surface area contributed by atoms with Crippen molar-refractivity contribution in [3.63, 3.8) is 0 Å². The molecule has 2 heterocycles. The quantitative estimate of drug-likeness (QED) is 0.127. The Kier molecular flexibility index (Phi) is 7.78. The smallest absolute Gasteiger partial charge is 0.180 e. The van der Waals surface area contributed by atoms with E-state index in [4.69, 9.17) is 19.4 Å². The van der Waals surface area contributed by atoms with Crippen LogP contribution in [0.3, 0.4) is 0 Å². The molecule has 7 rings (SSSR count). The van der Waals surface area contributed by atoms with Crippen LogP contribution in [0.4, 0.5) is 35.1 Å². The second-order valence-corrected chi connectivity index (χ2v) is 11.2. The maximum absolute atomic E-state index is 15.0. The van der Waals surface area contributed by atoms with Crippen molar-refractivity contribution in [2.45, 2.75) is 0 Å². The van der Waals surface area contributed by atoms with Gasteiger partial charge < -0.3 is 8.83 Å². The van der Waals surface area contributed by atoms with E-state index >= 15 is 17.6 Å². The number of nitriles is 6. The normalized spacial score (nSPS) is 10.9. The molecule has 2 aromatic heterocycles. The minimum atomic E-state index is -1.97. The Labute approximate surface area is 293 Å². The molecular weight excluding hydrogens is 724 g/mol. The summed E-state index contributed by atoms with van der Waals surface area (Å²) in [4.78, 5) is 0. The van der Waals surface area contributed by atoms with Crippen molar-refractivity contribution >= 4 is 55.0 Å². The molecule has 0 atom stereocenters. The molecule has 0 aliphatic rings. The fourth-order valence-electron chi connectivity index (χ4n) is 6.30. The highest BCUT2D eigenvalue weighted by Crippen LogP contribution is 2.39. The summed E-state index contributed by atoms with van der Waals surface area (Å²) in [6.07, 6.45) is 0. The molecular formula is C38H6F8N6O2. The molecule has 256 valence electrons. The van der Waals surface area contributed by atoms with Crippen LogP contribution in [0, 0.1) is 115 Å². The van der Waals surface area contributed by atoms with Crippen LogP contribution in [0.15, 0.2) is 45.2 Å². The molecule has 5 aromatic carbocycles. The van der Waals surface area contributed by atoms with E-state index in [2.05, 4.69) is 0 Å². The predicted molar refractivity (Wildman–Crippen MR) is 169 cm³/mol. The average Bonchev–Trinajstić information content (AvgIpc) is 3.73. The molecule has 54 heavy (non-hydrogen) atoms. The lowest BCUT2D eigenvalue weighted by atomic mass is 9.96. The first-order valence-electron chi connectivity index (χ1n) is 14.6. The summed E-state index contributed by atoms with van der Waals surface area (Å²) in [5.41, 5.74) is -9.14. The zero-order valence-corrected chi connectivity index (χ0v) is 26.0. The molecule has 0 radical (unpaired) electrons. The summed E-state index contributed by atoms with van der Waals surface area (Å²) in [5, 5.41) is 56.8. The predicted octanol–water partition coefficient (Wildman–Crippen LogP) is 8.07. The Balaban J connectivity index is 1.66. The van der Waals surface area contributed by atoms with Crippen molar-refractivity contribution in [3.05, 3.63) is 105 Å². The van der Waals surface area contributed by atoms with Crippen molar-refractivity contribution < 1.29 is 44.0 Å². The second kappa shape index (κ2) is 12.2. The molecule has 0 unspecified atom stereocenters. The first-order chi connectivity index (χ1) is 25.9. The zero-order chi connectivity index (χ0) is 38.9. The highest BCUT2D eigenvalue weighted by atomic mass is 19.2. The van der Waals surface area contributed by atoms with Gasteiger partial charge >= 0.3 is 0 Å². The van der Waals surface area contributed by atoms with Gasteiger partial charge in [0.25, 0.3) is 0 Å². The van der Waals surface area contributed by atoms with Gasteiger partial charge in [-0.05, 0) is 35.4 Å². The summed E-state index contributed by atoms with van der Waals surface area (Å²) < 4.78 is 130. The van der Waals surface area contributed by atoms with Gasteiger partial charge in [0, 0.05) is 21.5 Å². The molecule has 16 heteroatoms. The van der Waals surface area contributed by atoms with E-state index in [1.165, 1.54) is 0 Å². The Morgan fingerprint density at radius 3 is 1.04 bits per heavy atom. The lowest BCUT2D eigenvalue weighted by molar-refractivity contribution is 0.454. The third kappa shape index (κ3) is 4.49. The van der Waals surface area contributed by atoms with E-state index in [9.17, 15) is 38.6 Å². The van der Waals surface area contributed by atoms with E-state index < -0.39 is 91.1 Å². The van der Waals surface area contributed by atoms with E-state index in [1.807, 2.05) is 0 Å². The molecule has 7 aromatic rings. The average molecular weight is 730 g/mol. The van der Waals surface area contributed by atoms with E-state index in [1.54, 1.807) is 24.3 Å². The molecule has 0 aliphatic heterocycles. The highest BCUT2D eigenvalue weighted by molar-refractivity contribution is 6.18. The van der Waals surface area contributed by atoms with Gasteiger partial charge in [-0.15, -0.1) is 0 Å². The van der Waals surface area contributed by atoms with Crippen molar-refractivity contribution in [1.82, 2.24) is 0 Å². The fourth-order valence-corrected chi connectivity index (χ4v) is 6.30. The topological polar surface area (TPSA) is 169 Å². The van der Waals surface area contributed by atoms with Gasteiger partial charge in [0.05, 0.1) is 21.6 Å². The fraction of sp³-hybridized carbons (Fsp3) is 0. The van der Waals surface area contributed by atoms with Gasteiger partial charge in [0.15, 0.2) is 46.5 Å². The Morgan fingerprint density at radius 1 is 0.444 bits per heavy atom. The van der Waals surface area contributed by atoms with Gasteiger partial charge in [-0.25, -0.2) is 35.1 Å². The van der Waals surface area contributed by atoms with Crippen molar-refractivity contribution in [1.29, 1.82) is 31.6 Å². The number of halogens is 8. The van der Waals surface area contributed by atoms with E-state index in [0.29, 0.717) is 0 Å². The second-order valence-electron chi connectivity index (χ2n) is 11.2. The number of hydrogen-bond donors (Lipinski definition) is 0. The van der Waals surface area contributed by atoms with Crippen molar-refractivity contribution in [2.24, 2.45) is 0 Å². The van der Waals surface area contributed by atoms with Crippen LogP contribution in [0.5, 0.6) is 0 Å². The van der Waals surface area contributed by atoms with Crippen LogP contribution in [-0.4, -0.2) is 0 Å². The highest BCUT2D eigenvalue weighted by Gasteiger charge is 2.30. The van der Waals surface area contributed by atoms with Crippen LogP contribution in [0.2, 0.25) is 0 Å². The lowest BCUT2D eigenvalue weighted by Gasteiger charge is -2.09. The SMILES string of the molecule is N#CC(C#N)=c1c2oc3cc(-c4c(F)c(F)c(C#N)c(F)c4F)ccc3c2c(=C(C#N)C#N)c2oc3cc(-c4c(F)c(F)c(C#N)c(F)c4F)ccc3c12. The van der Waals surface area contributed by atoms with E-state index in [0.717, 1.165) is 48.5 Å². The zero-order valence-electron chi connectivity index (χ0n) is 26.0. The van der Waals surface area contributed by atoms with Crippen LogP contribution in [0.25, 0.3) is 77.3 Å². The van der Waals surface area contributed by atoms with Crippen LogP contribution in [-0.2, 0) is 0 Å². The molecule has 0 spiro atoms. The van der Waals surface area contributed by atoms with Crippen molar-refractivity contribution in [2.75, 3.05) is 0 Å². The minimum Gasteiger partial charge on any atom is -0.455 e. The lowest BCUT2D eigenvalue weighted by Crippen LogP contribution is -2.16. The Bertz CT molecular complexity index is 3030. The van der Waals surface area contributed by atoms with Gasteiger partial charge in [0.2, 0.25) is 0 Å². The van der Waals surface area contributed by atoms with Gasteiger partial charge in [-0.1, -0.05) is 12.1 Å². The standard InChI is InChI=1S/C38H6F8N6O2/c39-29-19(11-51)30(40)34(44)25(33(29)43)13-1-3-17-21(5-13)53-37-24(16(9-49)10-50)28-18-4-2-14(26-35(45)31(41)20(12-52)32(42)36(26)46)6-22(18)54-38(28)23(27(17)37)15(7-47)8-48/h1-6H. The van der Waals surface area contributed by atoms with Crippen molar-refractivity contribution in [3.8, 4) is 58.7 Å². The summed E-state index contributed by atoms with van der Waals surface area (Å²) in [6, 6.07) is 14.8. The molecule has 0 aliphatic carbocycles. The number of benzene rings is 5. The first kappa shape index (κ1) is 34.3. The molecule has 0 saturated carbocycles. The monoisotopic (exact) mass is 730 g/mol. The Morgan fingerprint density at radius 2 is 0.759 bits per heavy atom. The molecule has 8 nitrogen and oxygen atoms in total. The Hall–Kier alpha value is -8.18. The third-order valence-electron chi connectivity index (χ3n) is 8.61.